The molecule has 47 heavy (non-hydrogen) atoms. The lowest BCUT2D eigenvalue weighted by molar-refractivity contribution is -0.237. The van der Waals surface area contributed by atoms with Gasteiger partial charge in [-0.1, -0.05) is 26.8 Å². The van der Waals surface area contributed by atoms with Crippen molar-refractivity contribution in [2.45, 2.75) is 103 Å². The number of carbonyl (C=O) groups is 6. The predicted octanol–water partition coefficient (Wildman–Crippen LogP) is 1.89. The summed E-state index contributed by atoms with van der Waals surface area (Å²) in [5, 5.41) is 12.6. The van der Waals surface area contributed by atoms with E-state index in [1.54, 1.807) is 6.92 Å². The third-order valence-corrected chi connectivity index (χ3v) is 9.47. The molecule has 14 heteroatoms. The summed E-state index contributed by atoms with van der Waals surface area (Å²) in [6.07, 6.45) is -0.178. The number of aliphatic hydroxyl groups is 1. The quantitative estimate of drug-likeness (QED) is 0.214. The Morgan fingerprint density at radius 2 is 1.66 bits per heavy atom. The Balaban J connectivity index is 1.93. The molecule has 2 aliphatic heterocycles. The van der Waals surface area contributed by atoms with Gasteiger partial charge in [-0.15, -0.1) is 0 Å². The van der Waals surface area contributed by atoms with Crippen LogP contribution in [0.3, 0.4) is 0 Å². The van der Waals surface area contributed by atoms with Crippen molar-refractivity contribution in [1.82, 2.24) is 0 Å². The van der Waals surface area contributed by atoms with Gasteiger partial charge in [0.05, 0.1) is 23.5 Å². The molecule has 1 saturated carbocycles. The minimum absolute atomic E-state index is 0.00928. The van der Waals surface area contributed by atoms with Gasteiger partial charge in [0.1, 0.15) is 24.9 Å². The fourth-order valence-electron chi connectivity index (χ4n) is 7.14. The Morgan fingerprint density at radius 1 is 1.00 bits per heavy atom. The number of ether oxygens (including phenoxy) is 7. The zero-order chi connectivity index (χ0) is 34.9. The van der Waals surface area contributed by atoms with E-state index in [1.807, 2.05) is 13.8 Å². The highest BCUT2D eigenvalue weighted by Gasteiger charge is 2.74. The number of esters is 6. The summed E-state index contributed by atoms with van der Waals surface area (Å²) < 4.78 is 39.8. The van der Waals surface area contributed by atoms with Crippen LogP contribution in [0, 0.1) is 23.2 Å². The molecule has 9 unspecified atom stereocenters. The predicted molar refractivity (Wildman–Crippen MR) is 159 cm³/mol. The Kier molecular flexibility index (Phi) is 10.6. The molecule has 0 amide bonds. The fraction of sp³-hybridized carbons (Fsp3) is 0.697. The smallest absolute Gasteiger partial charge is 0.344 e. The molecule has 14 nitrogen and oxygen atoms in total. The van der Waals surface area contributed by atoms with E-state index in [0.717, 1.165) is 6.92 Å². The molecule has 0 radical (unpaired) electrons. The average Bonchev–Trinajstić information content (AvgIpc) is 3.70. The summed E-state index contributed by atoms with van der Waals surface area (Å²) >= 11 is 0. The van der Waals surface area contributed by atoms with Gasteiger partial charge in [0.15, 0.2) is 18.3 Å². The molecule has 0 aromatic heterocycles. The van der Waals surface area contributed by atoms with Crippen LogP contribution < -0.4 is 0 Å². The van der Waals surface area contributed by atoms with Crippen LogP contribution in [0.25, 0.3) is 0 Å². The van der Waals surface area contributed by atoms with Gasteiger partial charge < -0.3 is 38.3 Å². The molecule has 3 fully saturated rings. The number of epoxide rings is 1. The van der Waals surface area contributed by atoms with E-state index in [9.17, 15) is 33.9 Å². The van der Waals surface area contributed by atoms with Crippen LogP contribution in [0.1, 0.15) is 67.7 Å². The van der Waals surface area contributed by atoms with E-state index < -0.39 is 95.3 Å². The van der Waals surface area contributed by atoms with Crippen molar-refractivity contribution in [3.8, 4) is 0 Å². The van der Waals surface area contributed by atoms with Crippen LogP contribution in [0.2, 0.25) is 0 Å². The van der Waals surface area contributed by atoms with Crippen molar-refractivity contribution in [3.05, 3.63) is 23.8 Å². The van der Waals surface area contributed by atoms with Crippen molar-refractivity contribution in [2.24, 2.45) is 23.2 Å². The van der Waals surface area contributed by atoms with E-state index >= 15 is 0 Å². The second-order valence-corrected chi connectivity index (χ2v) is 13.4. The maximum Gasteiger partial charge on any atom is 0.344 e. The molecule has 4 rings (SSSR count). The van der Waals surface area contributed by atoms with Crippen molar-refractivity contribution < 1.29 is 67.0 Å². The molecule has 4 aliphatic rings. The Morgan fingerprint density at radius 3 is 2.23 bits per heavy atom. The van der Waals surface area contributed by atoms with E-state index in [-0.39, 0.29) is 37.5 Å². The second kappa shape index (κ2) is 13.8. The lowest BCUT2D eigenvalue weighted by atomic mass is 9.53. The van der Waals surface area contributed by atoms with Crippen LogP contribution >= 0.6 is 0 Å². The number of hydrogen-bond acceptors (Lipinski definition) is 14. The summed E-state index contributed by atoms with van der Waals surface area (Å²) in [7, 11) is 0. The maximum atomic E-state index is 13.3. The molecule has 0 aromatic carbocycles. The minimum Gasteiger partial charge on any atom is -0.462 e. The Bertz CT molecular complexity index is 1340. The van der Waals surface area contributed by atoms with Gasteiger partial charge in [0, 0.05) is 33.1 Å². The highest BCUT2D eigenvalue weighted by atomic mass is 16.6. The maximum absolute atomic E-state index is 13.3. The molecule has 2 saturated heterocycles. The molecular weight excluding hydrogens is 620 g/mol. The topological polar surface area (TPSA) is 191 Å². The SMILES string of the molecule is CC(=O)OCC1=CC2OC(=O)C(C)C2(O)C(OC(C)=O)C2C3(CCC(OC(C)=O)C2(C)C(OC(=O)COC(=O)CC(C)C)C=C1)CO3. The average molecular weight is 665 g/mol. The summed E-state index contributed by atoms with van der Waals surface area (Å²) in [5.41, 5.74) is -4.50. The monoisotopic (exact) mass is 664 g/mol. The zero-order valence-electron chi connectivity index (χ0n) is 27.8. The minimum atomic E-state index is -2.21. The number of hydrogen-bond donors (Lipinski definition) is 1. The third kappa shape index (κ3) is 7.38. The van der Waals surface area contributed by atoms with Gasteiger partial charge in [-0.2, -0.15) is 0 Å². The van der Waals surface area contributed by atoms with Gasteiger partial charge in [0.2, 0.25) is 0 Å². The first-order valence-electron chi connectivity index (χ1n) is 15.7. The highest BCUT2D eigenvalue weighted by molar-refractivity contribution is 5.78. The summed E-state index contributed by atoms with van der Waals surface area (Å²) in [5.74, 6) is -6.63. The van der Waals surface area contributed by atoms with Crippen molar-refractivity contribution in [3.63, 3.8) is 0 Å². The molecule has 2 heterocycles. The van der Waals surface area contributed by atoms with Crippen LogP contribution in [0.5, 0.6) is 0 Å². The molecule has 0 aromatic rings. The lowest BCUT2D eigenvalue weighted by Gasteiger charge is -2.56. The fourth-order valence-corrected chi connectivity index (χ4v) is 7.14. The van der Waals surface area contributed by atoms with E-state index in [1.165, 1.54) is 39.0 Å². The number of carbonyl (C=O) groups excluding carboxylic acids is 6. The van der Waals surface area contributed by atoms with Gasteiger partial charge >= 0.3 is 35.8 Å². The summed E-state index contributed by atoms with van der Waals surface area (Å²) in [4.78, 5) is 75.7. The molecule has 260 valence electrons. The molecular formula is C33H44O14. The largest absolute Gasteiger partial charge is 0.462 e. The first-order chi connectivity index (χ1) is 21.9. The van der Waals surface area contributed by atoms with Gasteiger partial charge in [-0.3, -0.25) is 24.0 Å². The number of fused-ring (bicyclic) bond motifs is 3. The van der Waals surface area contributed by atoms with Crippen molar-refractivity contribution in [2.75, 3.05) is 19.8 Å². The van der Waals surface area contributed by atoms with Crippen molar-refractivity contribution in [1.29, 1.82) is 0 Å². The van der Waals surface area contributed by atoms with Crippen LogP contribution in [-0.4, -0.2) is 96.4 Å². The van der Waals surface area contributed by atoms with Gasteiger partial charge in [-0.25, -0.2) is 4.79 Å². The van der Waals surface area contributed by atoms with Gasteiger partial charge in [-0.05, 0) is 43.4 Å². The standard InChI is InChI=1S/C33H44O14/c1-17(2)12-26(37)42-15-27(38)46-23-9-8-22(14-41-19(4)34)13-25-33(40,18(3)30(39)47-25)29(45-21(6)36)28-31(23,7)24(44-20(5)35)10-11-32(28)16-43-32/h8-9,13,17-18,23-25,28-29,40H,10-12,14-16H2,1-7H3. The first kappa shape index (κ1) is 36.1. The third-order valence-electron chi connectivity index (χ3n) is 9.47. The van der Waals surface area contributed by atoms with Crippen LogP contribution in [0.15, 0.2) is 23.8 Å². The number of rotatable bonds is 9. The molecule has 1 spiro atoms. The Hall–Kier alpha value is -3.78. The molecule has 0 bridgehead atoms. The highest BCUT2D eigenvalue weighted by Crippen LogP contribution is 2.62. The first-order valence-corrected chi connectivity index (χ1v) is 15.7. The van der Waals surface area contributed by atoms with Crippen LogP contribution in [-0.2, 0) is 61.9 Å². The van der Waals surface area contributed by atoms with Crippen molar-refractivity contribution >= 4 is 35.8 Å². The van der Waals surface area contributed by atoms with E-state index in [0.29, 0.717) is 6.42 Å². The van der Waals surface area contributed by atoms with Crippen LogP contribution in [0.4, 0.5) is 0 Å². The normalized spacial score (nSPS) is 35.9. The van der Waals surface area contributed by atoms with E-state index in [2.05, 4.69) is 0 Å². The van der Waals surface area contributed by atoms with Gasteiger partial charge in [0.25, 0.3) is 0 Å². The molecule has 9 atom stereocenters. The van der Waals surface area contributed by atoms with E-state index in [4.69, 9.17) is 33.2 Å². The summed E-state index contributed by atoms with van der Waals surface area (Å²) in [6.45, 7) is 9.45. The lowest BCUT2D eigenvalue weighted by Crippen LogP contribution is -2.69. The second-order valence-electron chi connectivity index (χ2n) is 13.4. The zero-order valence-corrected chi connectivity index (χ0v) is 27.8. The molecule has 1 N–H and O–H groups in total. The molecule has 2 aliphatic carbocycles. The summed E-state index contributed by atoms with van der Waals surface area (Å²) in [6, 6.07) is 0. The Labute approximate surface area is 273 Å².